The average Bonchev–Trinajstić information content (AvgIpc) is 3.35. The summed E-state index contributed by atoms with van der Waals surface area (Å²) in [6.07, 6.45) is 4.31. The fraction of sp³-hybridized carbons (Fsp3) is 0.632. The number of nitrogens with zero attached hydrogens (tertiary/aromatic N) is 1. The molecule has 6 heteroatoms. The number of hydrogen-bond acceptors (Lipinski definition) is 3. The number of sulfone groups is 1. The van der Waals surface area contributed by atoms with Gasteiger partial charge in [-0.3, -0.25) is 4.99 Å². The number of rotatable bonds is 8. The van der Waals surface area contributed by atoms with Crippen LogP contribution in [0.3, 0.4) is 0 Å². The van der Waals surface area contributed by atoms with Crippen molar-refractivity contribution in [1.29, 1.82) is 0 Å². The second-order valence-electron chi connectivity index (χ2n) is 7.97. The van der Waals surface area contributed by atoms with Crippen molar-refractivity contribution in [3.63, 3.8) is 0 Å². The van der Waals surface area contributed by atoms with Crippen molar-refractivity contribution < 1.29 is 8.42 Å². The van der Waals surface area contributed by atoms with Crippen molar-refractivity contribution in [1.82, 2.24) is 10.6 Å². The lowest BCUT2D eigenvalue weighted by molar-refractivity contribution is 0.348. The minimum absolute atomic E-state index is 0.114. The first kappa shape index (κ1) is 19.8. The molecule has 1 aliphatic carbocycles. The Hall–Kier alpha value is -1.56. The SMILES string of the molecule is CN=C(NCC(C)(C)CCS(C)(=O)=O)NCC1(c2ccccc2)CC1. The summed E-state index contributed by atoms with van der Waals surface area (Å²) in [6.45, 7) is 5.69. The van der Waals surface area contributed by atoms with Gasteiger partial charge in [-0.25, -0.2) is 8.42 Å². The van der Waals surface area contributed by atoms with E-state index in [0.717, 1.165) is 12.5 Å². The van der Waals surface area contributed by atoms with Gasteiger partial charge in [0.15, 0.2) is 5.96 Å². The normalized spacial score (nSPS) is 17.2. The van der Waals surface area contributed by atoms with Gasteiger partial charge in [0.05, 0.1) is 5.75 Å². The molecule has 0 atom stereocenters. The predicted molar refractivity (Wildman–Crippen MR) is 105 cm³/mol. The van der Waals surface area contributed by atoms with Crippen molar-refractivity contribution >= 4 is 15.8 Å². The molecule has 1 saturated carbocycles. The highest BCUT2D eigenvalue weighted by atomic mass is 32.2. The van der Waals surface area contributed by atoms with Gasteiger partial charge in [0.25, 0.3) is 0 Å². The van der Waals surface area contributed by atoms with E-state index in [1.807, 2.05) is 6.07 Å². The maximum atomic E-state index is 11.4. The Labute approximate surface area is 152 Å². The van der Waals surface area contributed by atoms with Crippen LogP contribution in [0.15, 0.2) is 35.3 Å². The summed E-state index contributed by atoms with van der Waals surface area (Å²) in [5.41, 5.74) is 1.49. The number of guanidine groups is 1. The lowest BCUT2D eigenvalue weighted by Crippen LogP contribution is -2.44. The van der Waals surface area contributed by atoms with Crippen molar-refractivity contribution in [2.45, 2.75) is 38.5 Å². The van der Waals surface area contributed by atoms with E-state index in [1.54, 1.807) is 7.05 Å². The largest absolute Gasteiger partial charge is 0.356 e. The Morgan fingerprint density at radius 1 is 1.20 bits per heavy atom. The monoisotopic (exact) mass is 365 g/mol. The Bertz CT molecular complexity index is 693. The van der Waals surface area contributed by atoms with Crippen LogP contribution in [0.1, 0.15) is 38.7 Å². The highest BCUT2D eigenvalue weighted by Gasteiger charge is 2.44. The van der Waals surface area contributed by atoms with E-state index in [9.17, 15) is 8.42 Å². The molecular weight excluding hydrogens is 334 g/mol. The Balaban J connectivity index is 1.83. The van der Waals surface area contributed by atoms with Gasteiger partial charge >= 0.3 is 0 Å². The van der Waals surface area contributed by atoms with Crippen molar-refractivity contribution in [2.24, 2.45) is 10.4 Å². The Kier molecular flexibility index (Phi) is 6.14. The Morgan fingerprint density at radius 3 is 2.36 bits per heavy atom. The van der Waals surface area contributed by atoms with Crippen LogP contribution in [-0.2, 0) is 15.3 Å². The van der Waals surface area contributed by atoms with Gasteiger partial charge in [-0.1, -0.05) is 44.2 Å². The number of nitrogens with one attached hydrogen (secondary N) is 2. The molecule has 0 radical (unpaired) electrons. The van der Waals surface area contributed by atoms with Crippen molar-refractivity contribution in [2.75, 3.05) is 32.1 Å². The van der Waals surface area contributed by atoms with Gasteiger partial charge in [0.1, 0.15) is 9.84 Å². The molecule has 1 aliphatic rings. The predicted octanol–water partition coefficient (Wildman–Crippen LogP) is 2.34. The molecule has 0 aromatic heterocycles. The maximum Gasteiger partial charge on any atom is 0.191 e. The molecule has 0 heterocycles. The van der Waals surface area contributed by atoms with Crippen LogP contribution in [0.2, 0.25) is 0 Å². The molecule has 5 nitrogen and oxygen atoms in total. The van der Waals surface area contributed by atoms with Gasteiger partial charge in [0, 0.05) is 31.8 Å². The first-order chi connectivity index (χ1) is 11.7. The van der Waals surface area contributed by atoms with Crippen LogP contribution in [0.4, 0.5) is 0 Å². The molecule has 0 spiro atoms. The van der Waals surface area contributed by atoms with E-state index in [1.165, 1.54) is 24.7 Å². The molecular formula is C19H31N3O2S. The molecule has 2 N–H and O–H groups in total. The number of aliphatic imine (C=N–C) groups is 1. The minimum Gasteiger partial charge on any atom is -0.356 e. The topological polar surface area (TPSA) is 70.6 Å². The van der Waals surface area contributed by atoms with Crippen LogP contribution in [-0.4, -0.2) is 46.5 Å². The van der Waals surface area contributed by atoms with Gasteiger partial charge in [-0.05, 0) is 30.2 Å². The van der Waals surface area contributed by atoms with Gasteiger partial charge in [-0.15, -0.1) is 0 Å². The third kappa shape index (κ3) is 6.34. The van der Waals surface area contributed by atoms with Crippen LogP contribution in [0, 0.1) is 5.41 Å². The lowest BCUT2D eigenvalue weighted by atomic mass is 9.90. The third-order valence-corrected chi connectivity index (χ3v) is 5.89. The summed E-state index contributed by atoms with van der Waals surface area (Å²) < 4.78 is 22.7. The van der Waals surface area contributed by atoms with E-state index >= 15 is 0 Å². The summed E-state index contributed by atoms with van der Waals surface area (Å²) in [4.78, 5) is 4.30. The van der Waals surface area contributed by atoms with Crippen LogP contribution >= 0.6 is 0 Å². The highest BCUT2D eigenvalue weighted by molar-refractivity contribution is 7.90. The number of hydrogen-bond donors (Lipinski definition) is 2. The van der Waals surface area contributed by atoms with E-state index < -0.39 is 9.84 Å². The summed E-state index contributed by atoms with van der Waals surface area (Å²) in [6, 6.07) is 10.6. The van der Waals surface area contributed by atoms with Gasteiger partial charge in [0.2, 0.25) is 0 Å². The molecule has 0 bridgehead atoms. The first-order valence-corrected chi connectivity index (χ1v) is 10.9. The summed E-state index contributed by atoms with van der Waals surface area (Å²) in [5, 5.41) is 6.78. The summed E-state index contributed by atoms with van der Waals surface area (Å²) >= 11 is 0. The molecule has 1 aromatic rings. The zero-order valence-electron chi connectivity index (χ0n) is 15.8. The molecule has 0 aliphatic heterocycles. The standard InChI is InChI=1S/C19H31N3O2S/c1-18(2,12-13-25(4,23)24)14-21-17(20-3)22-15-19(10-11-19)16-8-6-5-7-9-16/h5-9H,10-15H2,1-4H3,(H2,20,21,22). The molecule has 25 heavy (non-hydrogen) atoms. The summed E-state index contributed by atoms with van der Waals surface area (Å²) in [7, 11) is -1.16. The van der Waals surface area contributed by atoms with Crippen LogP contribution in [0.25, 0.3) is 0 Å². The number of benzene rings is 1. The van der Waals surface area contributed by atoms with Crippen LogP contribution in [0.5, 0.6) is 0 Å². The summed E-state index contributed by atoms with van der Waals surface area (Å²) in [5.74, 6) is 0.986. The van der Waals surface area contributed by atoms with Gasteiger partial charge in [-0.2, -0.15) is 0 Å². The highest BCUT2D eigenvalue weighted by Crippen LogP contribution is 2.47. The molecule has 0 unspecified atom stereocenters. The zero-order valence-corrected chi connectivity index (χ0v) is 16.6. The van der Waals surface area contributed by atoms with E-state index in [0.29, 0.717) is 13.0 Å². The van der Waals surface area contributed by atoms with Gasteiger partial charge < -0.3 is 10.6 Å². The molecule has 1 fully saturated rings. The van der Waals surface area contributed by atoms with E-state index in [-0.39, 0.29) is 16.6 Å². The second kappa shape index (κ2) is 7.77. The smallest absolute Gasteiger partial charge is 0.191 e. The maximum absolute atomic E-state index is 11.4. The molecule has 1 aromatic carbocycles. The second-order valence-corrected chi connectivity index (χ2v) is 10.2. The third-order valence-electron chi connectivity index (χ3n) is 4.94. The fourth-order valence-corrected chi connectivity index (χ4v) is 3.78. The molecule has 140 valence electrons. The molecule has 2 rings (SSSR count). The fourth-order valence-electron chi connectivity index (χ4n) is 2.86. The van der Waals surface area contributed by atoms with E-state index in [2.05, 4.69) is 53.7 Å². The molecule has 0 saturated heterocycles. The van der Waals surface area contributed by atoms with Crippen molar-refractivity contribution in [3.05, 3.63) is 35.9 Å². The van der Waals surface area contributed by atoms with Crippen molar-refractivity contribution in [3.8, 4) is 0 Å². The average molecular weight is 366 g/mol. The molecule has 0 amide bonds. The minimum atomic E-state index is -2.93. The van der Waals surface area contributed by atoms with E-state index in [4.69, 9.17) is 0 Å². The Morgan fingerprint density at radius 2 is 1.84 bits per heavy atom. The first-order valence-electron chi connectivity index (χ1n) is 8.84. The zero-order chi connectivity index (χ0) is 18.6. The quantitative estimate of drug-likeness (QED) is 0.548. The lowest BCUT2D eigenvalue weighted by Gasteiger charge is -2.26. The van der Waals surface area contributed by atoms with Crippen LogP contribution < -0.4 is 10.6 Å².